The second-order valence-electron chi connectivity index (χ2n) is 13.0. The van der Waals surface area contributed by atoms with E-state index in [1.165, 1.54) is 51.4 Å². The Hall–Kier alpha value is -2.93. The number of carbonyl (C=O) groups excluding carboxylic acids is 2. The van der Waals surface area contributed by atoms with Crippen LogP contribution in [0.4, 0.5) is 0 Å². The van der Waals surface area contributed by atoms with Crippen LogP contribution in [0.15, 0.2) is 60.8 Å². The molecule has 0 aromatic heterocycles. The molecule has 0 heterocycles. The summed E-state index contributed by atoms with van der Waals surface area (Å²) in [4.78, 5) is 36.3. The van der Waals surface area contributed by atoms with Gasteiger partial charge < -0.3 is 20.9 Å². The van der Waals surface area contributed by atoms with Crippen molar-refractivity contribution >= 4 is 17.8 Å². The largest absolute Gasteiger partial charge is 0.480 e. The van der Waals surface area contributed by atoms with Gasteiger partial charge in [-0.25, -0.2) is 4.79 Å². The molecule has 280 valence electrons. The number of amides is 1. The van der Waals surface area contributed by atoms with E-state index in [-0.39, 0.29) is 24.4 Å². The van der Waals surface area contributed by atoms with Gasteiger partial charge in [0.05, 0.1) is 0 Å². The molecule has 0 radical (unpaired) electrons. The van der Waals surface area contributed by atoms with Crippen LogP contribution in [0.2, 0.25) is 0 Å². The standard InChI is InChI=1S/C42H72N2O5/c1-3-5-7-9-11-13-15-16-17-19-21-23-25-30-36-41(46)49-38(32-27-24-22-20-18-14-12-10-8-6-4-2)33-28-26-29-35-40(45)44-39(42(47)48)34-31-37-43/h6,8,12,14-16,20,22,27,32,38-39H,3-5,7,9-11,13,17-19,21,23-26,28-31,33-37,43H2,1-2H3,(H,44,45)(H,47,48)/b8-6-,14-12-,16-15-,22-20-,32-27-. The Labute approximate surface area is 300 Å². The first-order valence-electron chi connectivity index (χ1n) is 19.6. The summed E-state index contributed by atoms with van der Waals surface area (Å²) in [5.74, 6) is -1.43. The van der Waals surface area contributed by atoms with Crippen LogP contribution in [-0.2, 0) is 19.1 Å². The van der Waals surface area contributed by atoms with Crippen molar-refractivity contribution in [1.82, 2.24) is 5.32 Å². The Morgan fingerprint density at radius 2 is 1.18 bits per heavy atom. The molecule has 1 amide bonds. The number of ether oxygens (including phenoxy) is 1. The van der Waals surface area contributed by atoms with Gasteiger partial charge in [0, 0.05) is 12.8 Å². The van der Waals surface area contributed by atoms with Gasteiger partial charge in [0.2, 0.25) is 5.91 Å². The molecule has 0 rings (SSSR count). The Bertz CT molecular complexity index is 953. The third kappa shape index (κ3) is 33.3. The summed E-state index contributed by atoms with van der Waals surface area (Å²) in [5, 5.41) is 11.9. The Kier molecular flexibility index (Phi) is 34.2. The first-order valence-corrected chi connectivity index (χ1v) is 19.6. The summed E-state index contributed by atoms with van der Waals surface area (Å²) in [5.41, 5.74) is 5.48. The predicted octanol–water partition coefficient (Wildman–Crippen LogP) is 10.6. The maximum atomic E-state index is 12.7. The van der Waals surface area contributed by atoms with Crippen LogP contribution in [0, 0.1) is 0 Å². The van der Waals surface area contributed by atoms with Gasteiger partial charge in [-0.1, -0.05) is 120 Å². The minimum Gasteiger partial charge on any atom is -0.480 e. The fourth-order valence-electron chi connectivity index (χ4n) is 5.35. The number of nitrogens with two attached hydrogens (primary N) is 1. The average molecular weight is 685 g/mol. The molecule has 0 saturated carbocycles. The summed E-state index contributed by atoms with van der Waals surface area (Å²) in [6.45, 7) is 4.78. The zero-order chi connectivity index (χ0) is 36.0. The quantitative estimate of drug-likeness (QED) is 0.0353. The van der Waals surface area contributed by atoms with Gasteiger partial charge in [-0.15, -0.1) is 0 Å². The van der Waals surface area contributed by atoms with Gasteiger partial charge in [-0.05, 0) is 103 Å². The predicted molar refractivity (Wildman–Crippen MR) is 206 cm³/mol. The average Bonchev–Trinajstić information content (AvgIpc) is 3.08. The molecule has 0 aliphatic carbocycles. The highest BCUT2D eigenvalue weighted by Gasteiger charge is 2.19. The Morgan fingerprint density at radius 1 is 0.633 bits per heavy atom. The second kappa shape index (κ2) is 36.4. The van der Waals surface area contributed by atoms with E-state index < -0.39 is 12.0 Å². The first-order chi connectivity index (χ1) is 23.9. The van der Waals surface area contributed by atoms with E-state index in [0.29, 0.717) is 38.6 Å². The lowest BCUT2D eigenvalue weighted by atomic mass is 10.1. The fourth-order valence-corrected chi connectivity index (χ4v) is 5.35. The van der Waals surface area contributed by atoms with Crippen molar-refractivity contribution in [2.24, 2.45) is 5.73 Å². The molecule has 0 aromatic rings. The summed E-state index contributed by atoms with van der Waals surface area (Å²) < 4.78 is 5.87. The highest BCUT2D eigenvalue weighted by Crippen LogP contribution is 2.14. The van der Waals surface area contributed by atoms with Crippen molar-refractivity contribution in [2.45, 2.75) is 180 Å². The monoisotopic (exact) mass is 685 g/mol. The van der Waals surface area contributed by atoms with Crippen LogP contribution in [0.1, 0.15) is 168 Å². The van der Waals surface area contributed by atoms with E-state index in [1.807, 2.05) is 6.08 Å². The third-order valence-corrected chi connectivity index (χ3v) is 8.30. The lowest BCUT2D eigenvalue weighted by Gasteiger charge is -2.15. The molecular weight excluding hydrogens is 612 g/mol. The maximum Gasteiger partial charge on any atom is 0.326 e. The minimum absolute atomic E-state index is 0.147. The highest BCUT2D eigenvalue weighted by molar-refractivity contribution is 5.83. The SMILES string of the molecule is CC/C=C\C/C=C\C/C=C\C/C=C\C(CCCCCC(=O)NC(CCCN)C(=O)O)OC(=O)CCCCCCC/C=C\CCCCCCC. The molecule has 0 aliphatic heterocycles. The molecule has 2 atom stereocenters. The van der Waals surface area contributed by atoms with Crippen molar-refractivity contribution in [3.8, 4) is 0 Å². The van der Waals surface area contributed by atoms with Crippen molar-refractivity contribution in [2.75, 3.05) is 6.54 Å². The number of esters is 1. The molecule has 0 aromatic carbocycles. The molecule has 4 N–H and O–H groups in total. The van der Waals surface area contributed by atoms with Crippen LogP contribution >= 0.6 is 0 Å². The van der Waals surface area contributed by atoms with Crippen molar-refractivity contribution in [3.05, 3.63) is 60.8 Å². The highest BCUT2D eigenvalue weighted by atomic mass is 16.5. The van der Waals surface area contributed by atoms with Crippen molar-refractivity contribution < 1.29 is 24.2 Å². The third-order valence-electron chi connectivity index (χ3n) is 8.30. The van der Waals surface area contributed by atoms with E-state index in [1.54, 1.807) is 0 Å². The molecule has 0 saturated heterocycles. The number of carboxylic acids is 1. The summed E-state index contributed by atoms with van der Waals surface area (Å²) in [6.07, 6.45) is 44.1. The fraction of sp³-hybridized carbons (Fsp3) is 0.690. The first kappa shape index (κ1) is 46.1. The lowest BCUT2D eigenvalue weighted by molar-refractivity contribution is -0.147. The number of carbonyl (C=O) groups is 3. The number of rotatable bonds is 34. The van der Waals surface area contributed by atoms with Crippen molar-refractivity contribution in [3.63, 3.8) is 0 Å². The van der Waals surface area contributed by atoms with E-state index in [0.717, 1.165) is 64.2 Å². The number of aliphatic carboxylic acids is 1. The second-order valence-corrected chi connectivity index (χ2v) is 13.0. The molecular formula is C42H72N2O5. The van der Waals surface area contributed by atoms with E-state index in [9.17, 15) is 19.5 Å². The number of unbranched alkanes of at least 4 members (excludes halogenated alkanes) is 12. The molecule has 49 heavy (non-hydrogen) atoms. The molecule has 7 heteroatoms. The van der Waals surface area contributed by atoms with Crippen LogP contribution in [0.25, 0.3) is 0 Å². The number of carboxylic acid groups (broad SMARTS) is 1. The molecule has 0 aliphatic rings. The van der Waals surface area contributed by atoms with E-state index in [4.69, 9.17) is 10.5 Å². The summed E-state index contributed by atoms with van der Waals surface area (Å²) in [6, 6.07) is -0.894. The molecule has 7 nitrogen and oxygen atoms in total. The van der Waals surface area contributed by atoms with E-state index >= 15 is 0 Å². The van der Waals surface area contributed by atoms with Crippen LogP contribution < -0.4 is 11.1 Å². The molecule has 0 bridgehead atoms. The Balaban J connectivity index is 4.52. The number of hydrogen-bond acceptors (Lipinski definition) is 5. The normalized spacial score (nSPS) is 13.4. The van der Waals surface area contributed by atoms with Gasteiger partial charge >= 0.3 is 11.9 Å². The number of hydrogen-bond donors (Lipinski definition) is 3. The molecule has 0 spiro atoms. The minimum atomic E-state index is -1.03. The van der Waals surface area contributed by atoms with Gasteiger partial charge in [0.1, 0.15) is 12.1 Å². The van der Waals surface area contributed by atoms with Gasteiger partial charge in [0.15, 0.2) is 0 Å². The van der Waals surface area contributed by atoms with Crippen molar-refractivity contribution in [1.29, 1.82) is 0 Å². The van der Waals surface area contributed by atoms with E-state index in [2.05, 4.69) is 73.8 Å². The Morgan fingerprint density at radius 3 is 1.80 bits per heavy atom. The van der Waals surface area contributed by atoms with Gasteiger partial charge in [-0.2, -0.15) is 0 Å². The zero-order valence-electron chi connectivity index (χ0n) is 31.3. The topological polar surface area (TPSA) is 119 Å². The lowest BCUT2D eigenvalue weighted by Crippen LogP contribution is -2.40. The maximum absolute atomic E-state index is 12.7. The van der Waals surface area contributed by atoms with Gasteiger partial charge in [-0.3, -0.25) is 9.59 Å². The smallest absolute Gasteiger partial charge is 0.326 e. The zero-order valence-corrected chi connectivity index (χ0v) is 31.3. The number of allylic oxidation sites excluding steroid dienone is 9. The number of nitrogens with one attached hydrogen (secondary N) is 1. The summed E-state index contributed by atoms with van der Waals surface area (Å²) in [7, 11) is 0. The van der Waals surface area contributed by atoms with Crippen LogP contribution in [0.5, 0.6) is 0 Å². The summed E-state index contributed by atoms with van der Waals surface area (Å²) >= 11 is 0. The molecule has 0 fully saturated rings. The van der Waals surface area contributed by atoms with Crippen LogP contribution in [0.3, 0.4) is 0 Å². The molecule has 2 unspecified atom stereocenters. The van der Waals surface area contributed by atoms with Gasteiger partial charge in [0.25, 0.3) is 0 Å². The van der Waals surface area contributed by atoms with Crippen LogP contribution in [-0.4, -0.2) is 41.6 Å².